The largest absolute Gasteiger partial charge is 0.357 e. The number of nitrogens with one attached hydrogen (secondary N) is 1. The molecule has 0 aliphatic carbocycles. The molecule has 132 valence electrons. The highest BCUT2D eigenvalue weighted by atomic mass is 127. The second-order valence-corrected chi connectivity index (χ2v) is 8.77. The summed E-state index contributed by atoms with van der Waals surface area (Å²) in [5.74, 6) is 1.63. The van der Waals surface area contributed by atoms with Crippen molar-refractivity contribution in [1.29, 1.82) is 0 Å². The predicted molar refractivity (Wildman–Crippen MR) is 101 cm³/mol. The number of hydrogen-bond acceptors (Lipinski definition) is 5. The third-order valence-corrected chi connectivity index (χ3v) is 6.39. The first kappa shape index (κ1) is 20.1. The Kier molecular flexibility index (Phi) is 6.81. The van der Waals surface area contributed by atoms with Gasteiger partial charge < -0.3 is 14.8 Å². The number of halogens is 1. The molecule has 0 spiro atoms. The van der Waals surface area contributed by atoms with Gasteiger partial charge in [-0.1, -0.05) is 0 Å². The van der Waals surface area contributed by atoms with Gasteiger partial charge >= 0.3 is 0 Å². The van der Waals surface area contributed by atoms with Crippen molar-refractivity contribution in [3.63, 3.8) is 0 Å². The van der Waals surface area contributed by atoms with Gasteiger partial charge in [-0.25, -0.2) is 13.4 Å². The molecule has 2 rings (SSSR count). The van der Waals surface area contributed by atoms with Crippen LogP contribution in [0.25, 0.3) is 0 Å². The maximum Gasteiger partial charge on any atom is 0.194 e. The van der Waals surface area contributed by atoms with E-state index in [-0.39, 0.29) is 29.7 Å². The zero-order valence-corrected chi connectivity index (χ0v) is 17.1. The van der Waals surface area contributed by atoms with Crippen LogP contribution >= 0.6 is 24.0 Å². The highest BCUT2D eigenvalue weighted by Gasteiger charge is 2.40. The van der Waals surface area contributed by atoms with Crippen LogP contribution in [0.1, 0.15) is 26.6 Å². The number of rotatable bonds is 3. The van der Waals surface area contributed by atoms with Crippen LogP contribution in [-0.2, 0) is 23.4 Å². The van der Waals surface area contributed by atoms with Gasteiger partial charge in [-0.05, 0) is 20.8 Å². The number of aliphatic imine (C=N–C) groups is 1. The number of aryl methyl sites for hydroxylation is 1. The van der Waals surface area contributed by atoms with E-state index in [1.807, 2.05) is 23.4 Å². The van der Waals surface area contributed by atoms with Gasteiger partial charge in [0.05, 0.1) is 10.5 Å². The van der Waals surface area contributed by atoms with Crippen LogP contribution in [-0.4, -0.2) is 64.2 Å². The molecule has 0 unspecified atom stereocenters. The van der Waals surface area contributed by atoms with E-state index in [1.165, 1.54) is 0 Å². The predicted octanol–water partition coefficient (Wildman–Crippen LogP) is 0.408. The van der Waals surface area contributed by atoms with Gasteiger partial charge in [0.2, 0.25) is 0 Å². The average Bonchev–Trinajstić information content (AvgIpc) is 2.83. The fourth-order valence-corrected chi connectivity index (χ4v) is 3.71. The van der Waals surface area contributed by atoms with Crippen molar-refractivity contribution in [3.05, 3.63) is 12.2 Å². The Hall–Kier alpha value is -0.910. The van der Waals surface area contributed by atoms with Crippen molar-refractivity contribution >= 4 is 39.8 Å². The molecular weight excluding hydrogens is 431 g/mol. The molecule has 0 saturated carbocycles. The van der Waals surface area contributed by atoms with Crippen molar-refractivity contribution in [3.8, 4) is 0 Å². The number of nitrogens with zero attached hydrogens (tertiary/aromatic N) is 5. The van der Waals surface area contributed by atoms with E-state index in [1.54, 1.807) is 20.2 Å². The minimum atomic E-state index is -3.06. The zero-order valence-electron chi connectivity index (χ0n) is 14.0. The van der Waals surface area contributed by atoms with Crippen molar-refractivity contribution in [2.45, 2.75) is 32.1 Å². The van der Waals surface area contributed by atoms with Crippen LogP contribution in [0.2, 0.25) is 0 Å². The molecule has 1 aliphatic rings. The summed E-state index contributed by atoms with van der Waals surface area (Å²) in [5.41, 5.74) is 0. The molecule has 1 saturated heterocycles. The first-order valence-corrected chi connectivity index (χ1v) is 9.00. The summed E-state index contributed by atoms with van der Waals surface area (Å²) in [7, 11) is -1.19. The fourth-order valence-electron chi connectivity index (χ4n) is 2.35. The standard InChI is InChI=1S/C13H24N6O2S.HI/c1-5-14-12(15-8-11-17-16-10-18(11)4)19-6-7-22(20,21)13(2,3)9-19;/h10H,5-9H2,1-4H3,(H,14,15);1H. The topological polar surface area (TPSA) is 92.5 Å². The van der Waals surface area contributed by atoms with Crippen LogP contribution in [0, 0.1) is 0 Å². The maximum absolute atomic E-state index is 12.1. The maximum atomic E-state index is 12.1. The van der Waals surface area contributed by atoms with Gasteiger partial charge in [0.15, 0.2) is 21.6 Å². The summed E-state index contributed by atoms with van der Waals surface area (Å²) >= 11 is 0. The highest BCUT2D eigenvalue weighted by Crippen LogP contribution is 2.23. The minimum absolute atomic E-state index is 0. The molecule has 1 fully saturated rings. The number of aromatic nitrogens is 3. The van der Waals surface area contributed by atoms with Gasteiger partial charge in [0.25, 0.3) is 0 Å². The Labute approximate surface area is 154 Å². The lowest BCUT2D eigenvalue weighted by molar-refractivity contribution is 0.353. The highest BCUT2D eigenvalue weighted by molar-refractivity contribution is 14.0. The van der Waals surface area contributed by atoms with Crippen molar-refractivity contribution in [1.82, 2.24) is 25.0 Å². The molecule has 1 aliphatic heterocycles. The first-order chi connectivity index (χ1) is 10.3. The summed E-state index contributed by atoms with van der Waals surface area (Å²) in [5, 5.41) is 11.1. The molecule has 1 aromatic rings. The van der Waals surface area contributed by atoms with E-state index in [9.17, 15) is 8.42 Å². The van der Waals surface area contributed by atoms with E-state index in [0.717, 1.165) is 12.4 Å². The molecule has 1 N–H and O–H groups in total. The van der Waals surface area contributed by atoms with Crippen LogP contribution < -0.4 is 5.32 Å². The third-order valence-electron chi connectivity index (χ3n) is 3.85. The van der Waals surface area contributed by atoms with E-state index in [2.05, 4.69) is 20.5 Å². The Morgan fingerprint density at radius 1 is 1.48 bits per heavy atom. The Morgan fingerprint density at radius 2 is 2.17 bits per heavy atom. The van der Waals surface area contributed by atoms with E-state index >= 15 is 0 Å². The average molecular weight is 456 g/mol. The summed E-state index contributed by atoms with van der Waals surface area (Å²) < 4.78 is 25.3. The Balaban J connectivity index is 0.00000264. The lowest BCUT2D eigenvalue weighted by Gasteiger charge is -2.39. The summed E-state index contributed by atoms with van der Waals surface area (Å²) in [6, 6.07) is 0. The smallest absolute Gasteiger partial charge is 0.194 e. The number of sulfone groups is 1. The minimum Gasteiger partial charge on any atom is -0.357 e. The van der Waals surface area contributed by atoms with Gasteiger partial charge in [-0.15, -0.1) is 34.2 Å². The second-order valence-electron chi connectivity index (χ2n) is 6.03. The van der Waals surface area contributed by atoms with Crippen LogP contribution in [0.5, 0.6) is 0 Å². The normalized spacial score (nSPS) is 20.0. The lowest BCUT2D eigenvalue weighted by Crippen LogP contribution is -2.57. The van der Waals surface area contributed by atoms with E-state index in [0.29, 0.717) is 25.6 Å². The van der Waals surface area contributed by atoms with Crippen LogP contribution in [0.3, 0.4) is 0 Å². The molecule has 0 radical (unpaired) electrons. The molecule has 0 atom stereocenters. The molecule has 0 amide bonds. The van der Waals surface area contributed by atoms with E-state index < -0.39 is 14.6 Å². The molecule has 10 heteroatoms. The summed E-state index contributed by atoms with van der Waals surface area (Å²) in [6.45, 7) is 7.53. The molecule has 0 bridgehead atoms. The molecule has 23 heavy (non-hydrogen) atoms. The summed E-state index contributed by atoms with van der Waals surface area (Å²) in [4.78, 5) is 6.57. The van der Waals surface area contributed by atoms with E-state index in [4.69, 9.17) is 0 Å². The van der Waals surface area contributed by atoms with Gasteiger partial charge in [-0.3, -0.25) is 0 Å². The third kappa shape index (κ3) is 4.55. The molecule has 8 nitrogen and oxygen atoms in total. The molecule has 0 aromatic carbocycles. The lowest BCUT2D eigenvalue weighted by atomic mass is 10.2. The van der Waals surface area contributed by atoms with Crippen molar-refractivity contribution < 1.29 is 8.42 Å². The van der Waals surface area contributed by atoms with Crippen LogP contribution in [0.15, 0.2) is 11.3 Å². The van der Waals surface area contributed by atoms with Crippen LogP contribution in [0.4, 0.5) is 0 Å². The number of hydrogen-bond donors (Lipinski definition) is 1. The zero-order chi connectivity index (χ0) is 16.4. The molecule has 1 aromatic heterocycles. The summed E-state index contributed by atoms with van der Waals surface area (Å²) in [6.07, 6.45) is 1.63. The Bertz CT molecular complexity index is 655. The Morgan fingerprint density at radius 3 is 2.70 bits per heavy atom. The first-order valence-electron chi connectivity index (χ1n) is 7.35. The van der Waals surface area contributed by atoms with Gasteiger partial charge in [-0.2, -0.15) is 0 Å². The number of guanidine groups is 1. The van der Waals surface area contributed by atoms with Gasteiger partial charge in [0.1, 0.15) is 12.9 Å². The monoisotopic (exact) mass is 456 g/mol. The van der Waals surface area contributed by atoms with Crippen molar-refractivity contribution in [2.75, 3.05) is 25.4 Å². The van der Waals surface area contributed by atoms with Gasteiger partial charge in [0, 0.05) is 26.7 Å². The second kappa shape index (κ2) is 7.77. The molecule has 2 heterocycles. The van der Waals surface area contributed by atoms with Crippen molar-refractivity contribution in [2.24, 2.45) is 12.0 Å². The SMILES string of the molecule is CCNC(=NCc1nncn1C)N1CCS(=O)(=O)C(C)(C)C1.I. The quantitative estimate of drug-likeness (QED) is 0.403. The molecular formula is C13H25IN6O2S. The fraction of sp³-hybridized carbons (Fsp3) is 0.769.